The monoisotopic (exact) mass is 445 g/mol. The van der Waals surface area contributed by atoms with Gasteiger partial charge in [0.25, 0.3) is 0 Å². The summed E-state index contributed by atoms with van der Waals surface area (Å²) in [5, 5.41) is 18.5. The van der Waals surface area contributed by atoms with E-state index in [1.54, 1.807) is 26.0 Å². The first-order valence-corrected chi connectivity index (χ1v) is 10.3. The molecule has 3 rings (SSSR count). The lowest BCUT2D eigenvalue weighted by Crippen LogP contribution is -2.09. The molecule has 0 saturated heterocycles. The maximum Gasteiger partial charge on any atom is 0.338 e. The molecule has 0 fully saturated rings. The average Bonchev–Trinajstić information content (AvgIpc) is 2.83. The minimum absolute atomic E-state index is 0.00965. The lowest BCUT2D eigenvalue weighted by atomic mass is 10.1. The summed E-state index contributed by atoms with van der Waals surface area (Å²) >= 11 is 0. The molecule has 0 unspecified atom stereocenters. The van der Waals surface area contributed by atoms with Crippen molar-refractivity contribution in [3.8, 4) is 5.75 Å². The van der Waals surface area contributed by atoms with E-state index in [-0.39, 0.29) is 30.1 Å². The molecule has 0 saturated carbocycles. The fourth-order valence-electron chi connectivity index (χ4n) is 2.81. The zero-order valence-corrected chi connectivity index (χ0v) is 18.3. The number of aromatic hydroxyl groups is 1. The highest BCUT2D eigenvalue weighted by Gasteiger charge is 2.14. The standard InChI is InChI=1S/C25H23N3O5/c1-3-32-24(30)17-12-18(25(31)33-4-2)14-22(13-17)26-16-19-15-21(10-11-23(19)29)28-27-20-8-6-5-7-9-20/h5-16,29H,3-4H2,1-2H3. The van der Waals surface area contributed by atoms with E-state index in [4.69, 9.17) is 9.47 Å². The summed E-state index contributed by atoms with van der Waals surface area (Å²) in [5.74, 6) is -1.16. The second-order valence-corrected chi connectivity index (χ2v) is 6.75. The molecule has 0 bridgehead atoms. The molecule has 8 heteroatoms. The number of ether oxygens (including phenoxy) is 2. The molecular weight excluding hydrogens is 422 g/mol. The average molecular weight is 445 g/mol. The second-order valence-electron chi connectivity index (χ2n) is 6.75. The molecular formula is C25H23N3O5. The van der Waals surface area contributed by atoms with Gasteiger partial charge in [-0.2, -0.15) is 10.2 Å². The molecule has 0 aliphatic rings. The van der Waals surface area contributed by atoms with Gasteiger partial charge in [-0.1, -0.05) is 18.2 Å². The predicted molar refractivity (Wildman–Crippen MR) is 124 cm³/mol. The summed E-state index contributed by atoms with van der Waals surface area (Å²) < 4.78 is 10.1. The first-order valence-electron chi connectivity index (χ1n) is 10.3. The topological polar surface area (TPSA) is 110 Å². The third kappa shape index (κ3) is 6.57. The molecule has 168 valence electrons. The van der Waals surface area contributed by atoms with Crippen molar-refractivity contribution >= 4 is 35.2 Å². The fraction of sp³-hybridized carbons (Fsp3) is 0.160. The van der Waals surface area contributed by atoms with E-state index >= 15 is 0 Å². The highest BCUT2D eigenvalue weighted by Crippen LogP contribution is 2.25. The molecule has 1 N–H and O–H groups in total. The van der Waals surface area contributed by atoms with E-state index in [0.717, 1.165) is 0 Å². The Bertz CT molecular complexity index is 1150. The number of rotatable bonds is 8. The van der Waals surface area contributed by atoms with Gasteiger partial charge in [0.1, 0.15) is 5.75 Å². The van der Waals surface area contributed by atoms with Crippen molar-refractivity contribution in [2.75, 3.05) is 13.2 Å². The summed E-state index contributed by atoms with van der Waals surface area (Å²) in [6.07, 6.45) is 1.41. The maximum atomic E-state index is 12.2. The number of aliphatic imine (C=N–C) groups is 1. The molecule has 0 amide bonds. The molecule has 0 spiro atoms. The first kappa shape index (κ1) is 23.3. The van der Waals surface area contributed by atoms with Gasteiger partial charge >= 0.3 is 11.9 Å². The Kier molecular flexibility index (Phi) is 8.02. The normalized spacial score (nSPS) is 11.1. The van der Waals surface area contributed by atoms with Gasteiger partial charge in [0.05, 0.1) is 41.4 Å². The van der Waals surface area contributed by atoms with Crippen molar-refractivity contribution < 1.29 is 24.2 Å². The minimum atomic E-state index is -0.578. The maximum absolute atomic E-state index is 12.2. The summed E-state index contributed by atoms with van der Waals surface area (Å²) in [7, 11) is 0. The van der Waals surface area contributed by atoms with Crippen molar-refractivity contribution in [1.29, 1.82) is 0 Å². The largest absolute Gasteiger partial charge is 0.507 e. The Labute approximate surface area is 191 Å². The molecule has 0 radical (unpaired) electrons. The Morgan fingerprint density at radius 1 is 0.788 bits per heavy atom. The number of phenols is 1. The van der Waals surface area contributed by atoms with Gasteiger partial charge in [-0.25, -0.2) is 9.59 Å². The molecule has 0 atom stereocenters. The van der Waals surface area contributed by atoms with Crippen LogP contribution in [-0.4, -0.2) is 36.5 Å². The lowest BCUT2D eigenvalue weighted by Gasteiger charge is -2.07. The number of carbonyl (C=O) groups is 2. The molecule has 3 aromatic carbocycles. The number of benzene rings is 3. The molecule has 0 aliphatic heterocycles. The van der Waals surface area contributed by atoms with Crippen LogP contribution in [0, 0.1) is 0 Å². The summed E-state index contributed by atoms with van der Waals surface area (Å²) in [4.78, 5) is 28.7. The highest BCUT2D eigenvalue weighted by atomic mass is 16.5. The van der Waals surface area contributed by atoms with Crippen LogP contribution in [0.1, 0.15) is 40.1 Å². The van der Waals surface area contributed by atoms with Crippen molar-refractivity contribution in [2.45, 2.75) is 13.8 Å². The lowest BCUT2D eigenvalue weighted by molar-refractivity contribution is 0.0525. The van der Waals surface area contributed by atoms with Gasteiger partial charge in [-0.3, -0.25) is 4.99 Å². The van der Waals surface area contributed by atoms with Gasteiger partial charge in [0.2, 0.25) is 0 Å². The molecule has 8 nitrogen and oxygen atoms in total. The van der Waals surface area contributed by atoms with E-state index in [2.05, 4.69) is 15.2 Å². The Balaban J connectivity index is 1.90. The Hall–Kier alpha value is -4.33. The van der Waals surface area contributed by atoms with Crippen LogP contribution < -0.4 is 0 Å². The molecule has 33 heavy (non-hydrogen) atoms. The minimum Gasteiger partial charge on any atom is -0.507 e. The van der Waals surface area contributed by atoms with Crippen LogP contribution in [0.5, 0.6) is 5.75 Å². The number of esters is 2. The predicted octanol–water partition coefficient (Wildman–Crippen LogP) is 5.91. The third-order valence-corrected chi connectivity index (χ3v) is 4.34. The molecule has 0 aliphatic carbocycles. The van der Waals surface area contributed by atoms with Crippen LogP contribution in [0.2, 0.25) is 0 Å². The number of phenolic OH excluding ortho intramolecular Hbond substituents is 1. The number of hydrogen-bond acceptors (Lipinski definition) is 8. The summed E-state index contributed by atoms with van der Waals surface area (Å²) in [6, 6.07) is 18.4. The summed E-state index contributed by atoms with van der Waals surface area (Å²) in [6.45, 7) is 3.77. The van der Waals surface area contributed by atoms with Crippen LogP contribution in [0.3, 0.4) is 0 Å². The van der Waals surface area contributed by atoms with Crippen LogP contribution in [0.15, 0.2) is 82.0 Å². The fourth-order valence-corrected chi connectivity index (χ4v) is 2.81. The van der Waals surface area contributed by atoms with E-state index in [1.165, 1.54) is 30.5 Å². The van der Waals surface area contributed by atoms with Crippen molar-refractivity contribution in [1.82, 2.24) is 0 Å². The smallest absolute Gasteiger partial charge is 0.338 e. The van der Waals surface area contributed by atoms with Gasteiger partial charge < -0.3 is 14.6 Å². The zero-order chi connectivity index (χ0) is 23.6. The van der Waals surface area contributed by atoms with Crippen LogP contribution in [0.25, 0.3) is 0 Å². The van der Waals surface area contributed by atoms with E-state index in [9.17, 15) is 14.7 Å². The highest BCUT2D eigenvalue weighted by molar-refractivity contribution is 5.97. The Morgan fingerprint density at radius 3 is 2.00 bits per heavy atom. The number of azo groups is 1. The van der Waals surface area contributed by atoms with Crippen LogP contribution in [0.4, 0.5) is 17.1 Å². The van der Waals surface area contributed by atoms with Gasteiger partial charge in [-0.15, -0.1) is 0 Å². The van der Waals surface area contributed by atoms with E-state index < -0.39 is 11.9 Å². The molecule has 0 heterocycles. The van der Waals surface area contributed by atoms with Crippen molar-refractivity contribution in [3.05, 3.63) is 83.4 Å². The molecule has 3 aromatic rings. The SMILES string of the molecule is CCOC(=O)c1cc(N=Cc2cc(N=Nc3ccccc3)ccc2O)cc(C(=O)OCC)c1. The zero-order valence-electron chi connectivity index (χ0n) is 18.3. The van der Waals surface area contributed by atoms with E-state index in [0.29, 0.717) is 22.6 Å². The third-order valence-electron chi connectivity index (χ3n) is 4.34. The van der Waals surface area contributed by atoms with Crippen molar-refractivity contribution in [2.24, 2.45) is 15.2 Å². The first-order chi connectivity index (χ1) is 16.0. The Morgan fingerprint density at radius 2 is 1.39 bits per heavy atom. The second kappa shape index (κ2) is 11.3. The summed E-state index contributed by atoms with van der Waals surface area (Å²) in [5.41, 5.74) is 2.26. The van der Waals surface area contributed by atoms with Crippen LogP contribution >= 0.6 is 0 Å². The van der Waals surface area contributed by atoms with Crippen LogP contribution in [-0.2, 0) is 9.47 Å². The van der Waals surface area contributed by atoms with Gasteiger partial charge in [0, 0.05) is 11.8 Å². The van der Waals surface area contributed by atoms with Gasteiger partial charge in [-0.05, 0) is 62.4 Å². The molecule has 0 aromatic heterocycles. The quantitative estimate of drug-likeness (QED) is 0.263. The number of hydrogen-bond donors (Lipinski definition) is 1. The number of nitrogens with zero attached hydrogens (tertiary/aromatic N) is 3. The van der Waals surface area contributed by atoms with Gasteiger partial charge in [0.15, 0.2) is 0 Å². The van der Waals surface area contributed by atoms with E-state index in [1.807, 2.05) is 30.3 Å². The van der Waals surface area contributed by atoms with Crippen molar-refractivity contribution in [3.63, 3.8) is 0 Å². The number of carbonyl (C=O) groups excluding carboxylic acids is 2.